The average Bonchev–Trinajstić information content (AvgIpc) is 2.79. The van der Waals surface area contributed by atoms with E-state index >= 15 is 0 Å². The van der Waals surface area contributed by atoms with E-state index in [4.69, 9.17) is 9.47 Å². The molecule has 1 rings (SSSR count). The number of hydrogen-bond acceptors (Lipinski definition) is 6. The molecule has 9 heteroatoms. The van der Waals surface area contributed by atoms with Gasteiger partial charge >= 0.3 is 12.1 Å². The summed E-state index contributed by atoms with van der Waals surface area (Å²) in [5, 5.41) is 2.34. The van der Waals surface area contributed by atoms with E-state index in [-0.39, 0.29) is 42.1 Å². The van der Waals surface area contributed by atoms with Crippen molar-refractivity contribution in [1.29, 1.82) is 0 Å². The molecule has 0 aromatic rings. The molecule has 1 saturated heterocycles. The molecular formula is C28H53N3O6. The van der Waals surface area contributed by atoms with Crippen molar-refractivity contribution in [1.82, 2.24) is 15.1 Å². The molecule has 1 atom stereocenters. The fraction of sp³-hybridized carbons (Fsp3) is 0.786. The molecule has 1 heterocycles. The number of esters is 1. The Hall–Kier alpha value is -2.58. The van der Waals surface area contributed by atoms with Crippen molar-refractivity contribution in [2.45, 2.75) is 100 Å². The molecule has 0 aromatic carbocycles. The van der Waals surface area contributed by atoms with E-state index in [0.29, 0.717) is 18.6 Å². The van der Waals surface area contributed by atoms with Crippen molar-refractivity contribution >= 4 is 24.4 Å². The minimum absolute atomic E-state index is 0.0600. The van der Waals surface area contributed by atoms with Crippen molar-refractivity contribution in [2.75, 3.05) is 33.3 Å². The predicted molar refractivity (Wildman–Crippen MR) is 148 cm³/mol. The van der Waals surface area contributed by atoms with Gasteiger partial charge in [-0.25, -0.2) is 9.59 Å². The smallest absolute Gasteiger partial charge is 0.410 e. The van der Waals surface area contributed by atoms with Gasteiger partial charge in [0.2, 0.25) is 12.3 Å². The second kappa shape index (κ2) is 19.5. The molecule has 0 aromatic heterocycles. The van der Waals surface area contributed by atoms with Crippen molar-refractivity contribution in [2.24, 2.45) is 11.8 Å². The number of ether oxygens (including phenoxy) is 2. The maximum atomic E-state index is 11.9. The van der Waals surface area contributed by atoms with Crippen LogP contribution in [-0.4, -0.2) is 79.1 Å². The van der Waals surface area contributed by atoms with Gasteiger partial charge < -0.3 is 24.6 Å². The summed E-state index contributed by atoms with van der Waals surface area (Å²) >= 11 is 0. The summed E-state index contributed by atoms with van der Waals surface area (Å²) in [6, 6.07) is -0.236. The zero-order valence-electron chi connectivity index (χ0n) is 25.2. The third kappa shape index (κ3) is 19.2. The van der Waals surface area contributed by atoms with Crippen molar-refractivity contribution in [3.63, 3.8) is 0 Å². The molecule has 0 saturated carbocycles. The fourth-order valence-corrected chi connectivity index (χ4v) is 3.14. The minimum atomic E-state index is -0.384. The Kier molecular flexibility index (Phi) is 19.3. The topological polar surface area (TPSA) is 105 Å². The van der Waals surface area contributed by atoms with Crippen LogP contribution in [-0.2, 0) is 23.9 Å². The number of carbonyl (C=O) groups is 4. The van der Waals surface area contributed by atoms with Crippen LogP contribution in [0.4, 0.5) is 4.79 Å². The number of nitrogens with one attached hydrogen (secondary N) is 1. The first-order chi connectivity index (χ1) is 17.1. The van der Waals surface area contributed by atoms with Crippen molar-refractivity contribution < 1.29 is 28.7 Å². The number of rotatable bonds is 8. The second-order valence-corrected chi connectivity index (χ2v) is 11.1. The Bertz CT molecular complexity index is 704. The molecule has 0 bridgehead atoms. The molecule has 0 spiro atoms. The van der Waals surface area contributed by atoms with Crippen LogP contribution in [0.5, 0.6) is 0 Å². The number of hydrogen-bond donors (Lipinski definition) is 1. The first-order valence-electron chi connectivity index (χ1n) is 13.3. The minimum Gasteiger partial charge on any atom is -0.463 e. The molecule has 0 radical (unpaired) electrons. The Morgan fingerprint density at radius 3 is 1.95 bits per heavy atom. The van der Waals surface area contributed by atoms with Gasteiger partial charge in [0.1, 0.15) is 5.60 Å². The van der Waals surface area contributed by atoms with Crippen LogP contribution in [0, 0.1) is 11.8 Å². The predicted octanol–water partition coefficient (Wildman–Crippen LogP) is 4.79. The van der Waals surface area contributed by atoms with Gasteiger partial charge in [0, 0.05) is 25.7 Å². The molecule has 1 aliphatic heterocycles. The summed E-state index contributed by atoms with van der Waals surface area (Å²) in [6.07, 6.45) is 5.50. The highest BCUT2D eigenvalue weighted by atomic mass is 16.6. The van der Waals surface area contributed by atoms with Gasteiger partial charge in [0.25, 0.3) is 0 Å². The van der Waals surface area contributed by atoms with Crippen LogP contribution in [0.2, 0.25) is 0 Å². The lowest BCUT2D eigenvalue weighted by Crippen LogP contribution is -2.43. The summed E-state index contributed by atoms with van der Waals surface area (Å²) in [5.74, 6) is 0.360. The fourth-order valence-electron chi connectivity index (χ4n) is 3.14. The Morgan fingerprint density at radius 2 is 1.54 bits per heavy atom. The Labute approximate surface area is 225 Å². The van der Waals surface area contributed by atoms with Crippen LogP contribution < -0.4 is 5.32 Å². The van der Waals surface area contributed by atoms with Crippen LogP contribution in [0.3, 0.4) is 0 Å². The zero-order chi connectivity index (χ0) is 29.2. The van der Waals surface area contributed by atoms with Gasteiger partial charge in [0.15, 0.2) is 0 Å². The van der Waals surface area contributed by atoms with Crippen molar-refractivity contribution in [3.05, 3.63) is 11.6 Å². The maximum Gasteiger partial charge on any atom is 0.410 e. The zero-order valence-corrected chi connectivity index (χ0v) is 25.2. The number of nitrogens with zero attached hydrogens (tertiary/aromatic N) is 2. The monoisotopic (exact) mass is 527 g/mol. The lowest BCUT2D eigenvalue weighted by atomic mass is 10.00. The number of likely N-dealkylation sites (tertiary alicyclic amines) is 1. The molecular weight excluding hydrogens is 474 g/mol. The van der Waals surface area contributed by atoms with Crippen molar-refractivity contribution in [3.8, 4) is 0 Å². The van der Waals surface area contributed by atoms with Gasteiger partial charge in [-0.3, -0.25) is 9.59 Å². The van der Waals surface area contributed by atoms with Crippen LogP contribution in [0.15, 0.2) is 11.6 Å². The molecule has 37 heavy (non-hydrogen) atoms. The number of likely N-dealkylation sites (N-methyl/N-ethyl adjacent to an activating group) is 1. The molecule has 0 unspecified atom stereocenters. The largest absolute Gasteiger partial charge is 0.463 e. The summed E-state index contributed by atoms with van der Waals surface area (Å²) < 4.78 is 10.2. The van der Waals surface area contributed by atoms with Crippen LogP contribution in [0.25, 0.3) is 0 Å². The van der Waals surface area contributed by atoms with E-state index in [1.54, 1.807) is 31.9 Å². The summed E-state index contributed by atoms with van der Waals surface area (Å²) in [5.41, 5.74) is 0.0997. The molecule has 0 aliphatic carbocycles. The Balaban J connectivity index is 0. The van der Waals surface area contributed by atoms with Crippen LogP contribution >= 0.6 is 0 Å². The summed E-state index contributed by atoms with van der Waals surface area (Å²) in [6.45, 7) is 21.5. The maximum absolute atomic E-state index is 11.9. The highest BCUT2D eigenvalue weighted by Gasteiger charge is 2.23. The van der Waals surface area contributed by atoms with Gasteiger partial charge in [-0.2, -0.15) is 0 Å². The summed E-state index contributed by atoms with van der Waals surface area (Å²) in [4.78, 5) is 48.6. The van der Waals surface area contributed by atoms with Crippen LogP contribution in [0.1, 0.15) is 88.5 Å². The van der Waals surface area contributed by atoms with Gasteiger partial charge in [-0.15, -0.1) is 0 Å². The lowest BCUT2D eigenvalue weighted by Gasteiger charge is -2.29. The third-order valence-electron chi connectivity index (χ3n) is 4.89. The first-order valence-corrected chi connectivity index (χ1v) is 13.3. The average molecular weight is 528 g/mol. The molecule has 3 amide bonds. The first kappa shape index (κ1) is 36.6. The summed E-state index contributed by atoms with van der Waals surface area (Å²) in [7, 11) is 1.65. The number of piperidine rings is 1. The van der Waals surface area contributed by atoms with E-state index in [0.717, 1.165) is 31.8 Å². The van der Waals surface area contributed by atoms with E-state index in [1.807, 2.05) is 34.6 Å². The highest BCUT2D eigenvalue weighted by Crippen LogP contribution is 2.15. The number of carbonyl (C=O) groups excluding carboxylic acids is 4. The molecule has 1 aliphatic rings. The van der Waals surface area contributed by atoms with E-state index < -0.39 is 0 Å². The third-order valence-corrected chi connectivity index (χ3v) is 4.89. The molecule has 216 valence electrons. The van der Waals surface area contributed by atoms with E-state index in [2.05, 4.69) is 26.1 Å². The lowest BCUT2D eigenvalue weighted by molar-refractivity contribution is -0.138. The van der Waals surface area contributed by atoms with Gasteiger partial charge in [-0.1, -0.05) is 40.7 Å². The standard InChI is InChI=1S/C14H24N2O4.C10H19NO2.C4H10/c1-6-20-14(19)11(4)7-12(10(2)3)16(5)13(18)8-15-9-17;1-10(2,3)13-9(12)11-7-5-4-6-8-11;1-4(2)3/h7,9-10,12H,6,8H2,1-5H3,(H,15,17);4-8H2,1-3H3;4H,1-3H3/b11-7+;;/t12-;;/m1../s1. The van der Waals surface area contributed by atoms with Gasteiger partial charge in [0.05, 0.1) is 19.2 Å². The normalized spacial score (nSPS) is 14.4. The molecule has 9 nitrogen and oxygen atoms in total. The molecule has 1 N–H and O–H groups in total. The highest BCUT2D eigenvalue weighted by molar-refractivity contribution is 5.88. The second-order valence-electron chi connectivity index (χ2n) is 11.1. The van der Waals surface area contributed by atoms with E-state index in [1.165, 1.54) is 11.3 Å². The molecule has 1 fully saturated rings. The SMILES string of the molecule is CC(C)(C)OC(=O)N1CCCCC1.CC(C)C.CCOC(=O)/C(C)=C/[C@H](C(C)C)N(C)C(=O)CNC=O. The quantitative estimate of drug-likeness (QED) is 0.276. The van der Waals surface area contributed by atoms with Gasteiger partial charge in [-0.05, 0) is 65.7 Å². The number of amides is 3. The Morgan fingerprint density at radius 1 is 1.03 bits per heavy atom. The van der Waals surface area contributed by atoms with E-state index in [9.17, 15) is 19.2 Å².